The molecule has 3 atom stereocenters. The van der Waals surface area contributed by atoms with Gasteiger partial charge in [0.2, 0.25) is 11.8 Å². The van der Waals surface area contributed by atoms with Crippen LogP contribution in [0.3, 0.4) is 0 Å². The van der Waals surface area contributed by atoms with E-state index in [9.17, 15) is 23.6 Å². The summed E-state index contributed by atoms with van der Waals surface area (Å²) in [5.74, 6) is -2.12. The van der Waals surface area contributed by atoms with Crippen LogP contribution < -0.4 is 16.0 Å². The Hall–Kier alpha value is -3.60. The molecule has 1 aromatic heterocycles. The van der Waals surface area contributed by atoms with Crippen LogP contribution in [0.1, 0.15) is 51.6 Å². The van der Waals surface area contributed by atoms with E-state index >= 15 is 0 Å². The molecule has 3 aliphatic heterocycles. The summed E-state index contributed by atoms with van der Waals surface area (Å²) in [6, 6.07) is 3.65. The molecule has 2 fully saturated rings. The zero-order valence-corrected chi connectivity index (χ0v) is 17.7. The Morgan fingerprint density at radius 1 is 1.12 bits per heavy atom. The molecular formula is C22H23FN6O4. The highest BCUT2D eigenvalue weighted by Gasteiger charge is 2.44. The third-order valence-electron chi connectivity index (χ3n) is 6.32. The first-order valence-electron chi connectivity index (χ1n) is 10.9. The third-order valence-corrected chi connectivity index (χ3v) is 6.32. The number of fused-ring (bicyclic) bond motifs is 1. The molecule has 0 spiro atoms. The fourth-order valence-corrected chi connectivity index (χ4v) is 4.55. The van der Waals surface area contributed by atoms with Crippen molar-refractivity contribution in [2.45, 2.75) is 44.1 Å². The minimum atomic E-state index is -1.00. The van der Waals surface area contributed by atoms with Gasteiger partial charge in [-0.15, -0.1) is 0 Å². The van der Waals surface area contributed by atoms with E-state index in [-0.39, 0.29) is 30.0 Å². The second-order valence-corrected chi connectivity index (χ2v) is 8.47. The fraction of sp³-hybridized carbons (Fsp3) is 0.409. The summed E-state index contributed by atoms with van der Waals surface area (Å²) in [6.45, 7) is 1.42. The molecule has 3 aliphatic rings. The summed E-state index contributed by atoms with van der Waals surface area (Å²) in [7, 11) is 0. The highest BCUT2D eigenvalue weighted by Crippen LogP contribution is 2.29. The number of piperidine rings is 2. The number of alkyl halides is 1. The van der Waals surface area contributed by atoms with Crippen LogP contribution in [0, 0.1) is 0 Å². The van der Waals surface area contributed by atoms with Gasteiger partial charge < -0.3 is 10.6 Å². The van der Waals surface area contributed by atoms with Gasteiger partial charge in [0.1, 0.15) is 12.2 Å². The summed E-state index contributed by atoms with van der Waals surface area (Å²) >= 11 is 0. The molecule has 33 heavy (non-hydrogen) atoms. The number of anilines is 1. The Bertz CT molecular complexity index is 1150. The normalized spacial score (nSPS) is 25.2. The van der Waals surface area contributed by atoms with E-state index in [1.54, 1.807) is 35.3 Å². The molecule has 0 radical (unpaired) electrons. The van der Waals surface area contributed by atoms with Crippen molar-refractivity contribution in [1.82, 2.24) is 25.3 Å². The van der Waals surface area contributed by atoms with Crippen LogP contribution in [0.2, 0.25) is 0 Å². The van der Waals surface area contributed by atoms with Gasteiger partial charge in [0.05, 0.1) is 29.1 Å². The first-order chi connectivity index (χ1) is 15.9. The van der Waals surface area contributed by atoms with Gasteiger partial charge in [0.25, 0.3) is 11.8 Å². The van der Waals surface area contributed by atoms with Crippen molar-refractivity contribution in [3.63, 3.8) is 0 Å². The minimum absolute atomic E-state index is 0.0766. The number of aromatic nitrogens is 2. The van der Waals surface area contributed by atoms with Gasteiger partial charge >= 0.3 is 0 Å². The molecule has 4 amide bonds. The zero-order valence-electron chi connectivity index (χ0n) is 17.7. The van der Waals surface area contributed by atoms with Crippen molar-refractivity contribution in [2.24, 2.45) is 0 Å². The summed E-state index contributed by atoms with van der Waals surface area (Å²) in [4.78, 5) is 50.2. The van der Waals surface area contributed by atoms with E-state index in [1.165, 1.54) is 0 Å². The molecule has 10 nitrogen and oxygen atoms in total. The molecule has 1 unspecified atom stereocenters. The van der Waals surface area contributed by atoms with E-state index in [2.05, 4.69) is 21.0 Å². The summed E-state index contributed by atoms with van der Waals surface area (Å²) in [5.41, 5.74) is 1.95. The van der Waals surface area contributed by atoms with Crippen LogP contribution in [-0.2, 0) is 16.1 Å². The third kappa shape index (κ3) is 3.88. The van der Waals surface area contributed by atoms with Crippen LogP contribution in [0.15, 0.2) is 30.6 Å². The van der Waals surface area contributed by atoms with Gasteiger partial charge in [-0.2, -0.15) is 5.10 Å². The number of carbonyl (C=O) groups excluding carboxylic acids is 4. The number of carbonyl (C=O) groups is 4. The first-order valence-corrected chi connectivity index (χ1v) is 10.9. The van der Waals surface area contributed by atoms with Crippen LogP contribution in [-0.4, -0.2) is 63.6 Å². The Morgan fingerprint density at radius 3 is 2.73 bits per heavy atom. The Labute approximate surface area is 188 Å². The van der Waals surface area contributed by atoms with Gasteiger partial charge in [-0.25, -0.2) is 4.39 Å². The molecule has 4 heterocycles. The van der Waals surface area contributed by atoms with Crippen LogP contribution in [0.4, 0.5) is 10.1 Å². The molecule has 0 saturated carbocycles. The second kappa shape index (κ2) is 8.39. The summed E-state index contributed by atoms with van der Waals surface area (Å²) in [5, 5.41) is 12.7. The number of amides is 4. The first kappa shape index (κ1) is 21.3. The monoisotopic (exact) mass is 454 g/mol. The topological polar surface area (TPSA) is 125 Å². The molecule has 3 N–H and O–H groups in total. The fourth-order valence-electron chi connectivity index (χ4n) is 4.55. The van der Waals surface area contributed by atoms with Gasteiger partial charge in [-0.3, -0.25) is 34.1 Å². The molecule has 2 saturated heterocycles. The maximum atomic E-state index is 14.1. The van der Waals surface area contributed by atoms with Crippen molar-refractivity contribution in [1.29, 1.82) is 0 Å². The maximum absolute atomic E-state index is 14.1. The average molecular weight is 454 g/mol. The van der Waals surface area contributed by atoms with Crippen LogP contribution in [0.25, 0.3) is 0 Å². The van der Waals surface area contributed by atoms with Crippen molar-refractivity contribution >= 4 is 29.3 Å². The Kier molecular flexibility index (Phi) is 5.41. The van der Waals surface area contributed by atoms with E-state index in [1.807, 2.05) is 0 Å². The van der Waals surface area contributed by atoms with Crippen molar-refractivity contribution < 1.29 is 23.6 Å². The number of nitrogens with zero attached hydrogens (tertiary/aromatic N) is 3. The Morgan fingerprint density at radius 2 is 1.94 bits per heavy atom. The standard InChI is InChI=1S/C22H23FN6O4/c23-16-10-24-6-5-17(16)28-11-13(9-26-28)25-8-12-1-2-14-15(7-12)22(33)29(21(14)32)18-3-4-19(30)27-20(18)31/h1-2,7,9,11,16-18,24-25H,3-6,8,10H2,(H,27,30,31)/t16-,17-,18?/m1/s1. The van der Waals surface area contributed by atoms with Crippen LogP contribution in [0.5, 0.6) is 0 Å². The highest BCUT2D eigenvalue weighted by molar-refractivity contribution is 6.23. The van der Waals surface area contributed by atoms with E-state index in [0.717, 1.165) is 17.0 Å². The van der Waals surface area contributed by atoms with E-state index in [4.69, 9.17) is 0 Å². The number of halogens is 1. The lowest BCUT2D eigenvalue weighted by Gasteiger charge is -2.27. The number of hydrogen-bond acceptors (Lipinski definition) is 7. The molecule has 11 heteroatoms. The molecular weight excluding hydrogens is 431 g/mol. The molecule has 1 aromatic carbocycles. The number of imide groups is 2. The van der Waals surface area contributed by atoms with E-state index in [0.29, 0.717) is 25.2 Å². The summed E-state index contributed by atoms with van der Waals surface area (Å²) < 4.78 is 15.8. The van der Waals surface area contributed by atoms with Gasteiger partial charge in [-0.1, -0.05) is 6.07 Å². The van der Waals surface area contributed by atoms with Gasteiger partial charge in [0, 0.05) is 25.7 Å². The number of benzene rings is 1. The molecule has 5 rings (SSSR count). The van der Waals surface area contributed by atoms with Gasteiger partial charge in [-0.05, 0) is 37.1 Å². The average Bonchev–Trinajstić information content (AvgIpc) is 3.36. The molecule has 2 aromatic rings. The number of nitrogens with one attached hydrogen (secondary N) is 3. The smallest absolute Gasteiger partial charge is 0.262 e. The number of hydrogen-bond donors (Lipinski definition) is 3. The van der Waals surface area contributed by atoms with E-state index < -0.39 is 35.8 Å². The molecule has 0 bridgehead atoms. The maximum Gasteiger partial charge on any atom is 0.262 e. The SMILES string of the molecule is O=C1CCC(N2C(=O)c3ccc(CNc4cnn([C@@H]5CCNC[C@H]5F)c4)cc3C2=O)C(=O)N1. The Balaban J connectivity index is 1.27. The lowest BCUT2D eigenvalue weighted by Crippen LogP contribution is -2.54. The van der Waals surface area contributed by atoms with Crippen LogP contribution >= 0.6 is 0 Å². The lowest BCUT2D eigenvalue weighted by molar-refractivity contribution is -0.136. The van der Waals surface area contributed by atoms with Gasteiger partial charge in [0.15, 0.2) is 0 Å². The zero-order chi connectivity index (χ0) is 23.1. The number of rotatable bonds is 5. The van der Waals surface area contributed by atoms with Crippen molar-refractivity contribution in [3.05, 3.63) is 47.3 Å². The largest absolute Gasteiger partial charge is 0.378 e. The van der Waals surface area contributed by atoms with Crippen molar-refractivity contribution in [3.8, 4) is 0 Å². The highest BCUT2D eigenvalue weighted by atomic mass is 19.1. The lowest BCUT2D eigenvalue weighted by atomic mass is 10.0. The molecule has 172 valence electrons. The molecule has 0 aliphatic carbocycles. The summed E-state index contributed by atoms with van der Waals surface area (Å²) in [6.07, 6.45) is 3.24. The second-order valence-electron chi connectivity index (χ2n) is 8.47. The quantitative estimate of drug-likeness (QED) is 0.570. The van der Waals surface area contributed by atoms with Crippen molar-refractivity contribution in [2.75, 3.05) is 18.4 Å². The minimum Gasteiger partial charge on any atom is -0.378 e. The predicted octanol–water partition coefficient (Wildman–Crippen LogP) is 0.769. The predicted molar refractivity (Wildman–Crippen MR) is 114 cm³/mol.